The molecule has 2 aromatic heterocycles. The summed E-state index contributed by atoms with van der Waals surface area (Å²) < 4.78 is 45.9. The maximum absolute atomic E-state index is 13.1. The smallest absolute Gasteiger partial charge is 0.416 e. The number of rotatable bonds is 7. The Labute approximate surface area is 203 Å². The van der Waals surface area contributed by atoms with Crippen molar-refractivity contribution in [2.45, 2.75) is 12.7 Å². The first kappa shape index (κ1) is 24.5. The van der Waals surface area contributed by atoms with Crippen LogP contribution in [0.2, 0.25) is 0 Å². The normalized spacial score (nSPS) is 11.1. The Hall–Kier alpha value is -4.67. The van der Waals surface area contributed by atoms with Gasteiger partial charge in [0.25, 0.3) is 11.5 Å². The lowest BCUT2D eigenvalue weighted by Gasteiger charge is -2.15. The van der Waals surface area contributed by atoms with Gasteiger partial charge in [-0.05, 0) is 48.0 Å². The minimum Gasteiger partial charge on any atom is -0.453 e. The summed E-state index contributed by atoms with van der Waals surface area (Å²) >= 11 is 0. The van der Waals surface area contributed by atoms with E-state index in [1.54, 1.807) is 36.7 Å². The number of ether oxygens (including phenoxy) is 1. The van der Waals surface area contributed by atoms with Crippen LogP contribution in [-0.4, -0.2) is 20.7 Å². The van der Waals surface area contributed by atoms with Crippen molar-refractivity contribution in [1.29, 1.82) is 0 Å². The lowest BCUT2D eigenvalue weighted by atomic mass is 10.1. The number of pyridine rings is 1. The molecule has 0 unspecified atom stereocenters. The standard InChI is InChI=1S/C25H20F3N5O3/c1-33-24(35)22(21(15-31-33)36-20-9-3-7-18(12-20)25(26,27)28)32-19-8-2-6-17(11-19)23(34)30-14-16-5-4-10-29-13-16/h2-13,15,32H,14H2,1H3,(H,30,34). The number of nitrogens with one attached hydrogen (secondary N) is 2. The Bertz CT molecular complexity index is 1440. The number of alkyl halides is 3. The first-order valence-corrected chi connectivity index (χ1v) is 10.7. The molecule has 0 aliphatic rings. The van der Waals surface area contributed by atoms with Crippen LogP contribution in [0.5, 0.6) is 11.5 Å². The van der Waals surface area contributed by atoms with Crippen molar-refractivity contribution in [2.75, 3.05) is 5.32 Å². The van der Waals surface area contributed by atoms with E-state index in [1.807, 2.05) is 6.07 Å². The average molecular weight is 495 g/mol. The molecular formula is C25H20F3N5O3. The molecule has 0 saturated heterocycles. The second-order valence-corrected chi connectivity index (χ2v) is 7.69. The van der Waals surface area contributed by atoms with Crippen LogP contribution in [-0.2, 0) is 19.8 Å². The number of amides is 1. The molecule has 0 saturated carbocycles. The van der Waals surface area contributed by atoms with Crippen LogP contribution in [0.3, 0.4) is 0 Å². The Morgan fingerprint density at radius 2 is 1.86 bits per heavy atom. The Balaban J connectivity index is 1.57. The number of benzene rings is 2. The number of nitrogens with zero attached hydrogens (tertiary/aromatic N) is 3. The molecule has 1 amide bonds. The predicted molar refractivity (Wildman–Crippen MR) is 126 cm³/mol. The minimum atomic E-state index is -4.55. The highest BCUT2D eigenvalue weighted by Crippen LogP contribution is 2.34. The second kappa shape index (κ2) is 10.3. The van der Waals surface area contributed by atoms with Crippen molar-refractivity contribution in [3.8, 4) is 11.5 Å². The number of aromatic nitrogens is 3. The van der Waals surface area contributed by atoms with Gasteiger partial charge in [-0.2, -0.15) is 18.3 Å². The number of carbonyl (C=O) groups is 1. The molecule has 2 heterocycles. The fourth-order valence-corrected chi connectivity index (χ4v) is 3.25. The van der Waals surface area contributed by atoms with Crippen molar-refractivity contribution in [2.24, 2.45) is 7.05 Å². The van der Waals surface area contributed by atoms with Crippen LogP contribution in [0, 0.1) is 0 Å². The van der Waals surface area contributed by atoms with E-state index in [1.165, 1.54) is 31.4 Å². The van der Waals surface area contributed by atoms with Gasteiger partial charge in [-0.25, -0.2) is 4.68 Å². The molecule has 0 aliphatic carbocycles. The van der Waals surface area contributed by atoms with Gasteiger partial charge in [-0.1, -0.05) is 18.2 Å². The summed E-state index contributed by atoms with van der Waals surface area (Å²) in [6.45, 7) is 0.282. The Kier molecular flexibility index (Phi) is 7.00. The lowest BCUT2D eigenvalue weighted by molar-refractivity contribution is -0.137. The van der Waals surface area contributed by atoms with Gasteiger partial charge in [-0.15, -0.1) is 0 Å². The average Bonchev–Trinajstić information content (AvgIpc) is 2.87. The third-order valence-corrected chi connectivity index (χ3v) is 5.06. The molecule has 8 nitrogen and oxygen atoms in total. The van der Waals surface area contributed by atoms with Crippen LogP contribution in [0.15, 0.2) is 84.0 Å². The maximum Gasteiger partial charge on any atom is 0.416 e. The number of carbonyl (C=O) groups excluding carboxylic acids is 1. The van der Waals surface area contributed by atoms with E-state index in [0.717, 1.165) is 22.4 Å². The van der Waals surface area contributed by atoms with Gasteiger partial charge in [0.15, 0.2) is 11.4 Å². The number of hydrogen-bond acceptors (Lipinski definition) is 6. The quantitative estimate of drug-likeness (QED) is 0.387. The zero-order valence-electron chi connectivity index (χ0n) is 18.9. The largest absolute Gasteiger partial charge is 0.453 e. The summed E-state index contributed by atoms with van der Waals surface area (Å²) in [6, 6.07) is 14.3. The number of aryl methyl sites for hydroxylation is 1. The fraction of sp³-hybridized carbons (Fsp3) is 0.120. The van der Waals surface area contributed by atoms with E-state index in [0.29, 0.717) is 11.3 Å². The molecule has 11 heteroatoms. The molecular weight excluding hydrogens is 475 g/mol. The van der Waals surface area contributed by atoms with Crippen molar-refractivity contribution in [3.63, 3.8) is 0 Å². The number of anilines is 2. The van der Waals surface area contributed by atoms with Crippen LogP contribution in [0.25, 0.3) is 0 Å². The third-order valence-electron chi connectivity index (χ3n) is 5.06. The molecule has 2 N–H and O–H groups in total. The highest BCUT2D eigenvalue weighted by atomic mass is 19.4. The first-order chi connectivity index (χ1) is 17.2. The van der Waals surface area contributed by atoms with Crippen molar-refractivity contribution >= 4 is 17.3 Å². The summed E-state index contributed by atoms with van der Waals surface area (Å²) in [5, 5.41) is 9.59. The van der Waals surface area contributed by atoms with Gasteiger partial charge in [0.05, 0.1) is 11.8 Å². The monoisotopic (exact) mass is 495 g/mol. The summed E-state index contributed by atoms with van der Waals surface area (Å²) in [6.07, 6.45) is -0.0593. The van der Waals surface area contributed by atoms with E-state index in [-0.39, 0.29) is 29.6 Å². The molecule has 36 heavy (non-hydrogen) atoms. The highest BCUT2D eigenvalue weighted by molar-refractivity contribution is 5.95. The van der Waals surface area contributed by atoms with E-state index in [4.69, 9.17) is 4.74 Å². The fourth-order valence-electron chi connectivity index (χ4n) is 3.25. The highest BCUT2D eigenvalue weighted by Gasteiger charge is 2.30. The molecule has 0 atom stereocenters. The zero-order valence-corrected chi connectivity index (χ0v) is 18.9. The molecule has 4 aromatic rings. The van der Waals surface area contributed by atoms with Gasteiger partial charge in [0.1, 0.15) is 5.75 Å². The second-order valence-electron chi connectivity index (χ2n) is 7.69. The Morgan fingerprint density at radius 3 is 2.61 bits per heavy atom. The number of hydrogen-bond donors (Lipinski definition) is 2. The number of halogens is 3. The third kappa shape index (κ3) is 5.87. The summed E-state index contributed by atoms with van der Waals surface area (Å²) in [7, 11) is 1.42. The lowest BCUT2D eigenvalue weighted by Crippen LogP contribution is -2.23. The van der Waals surface area contributed by atoms with Crippen molar-refractivity contribution in [3.05, 3.63) is 106 Å². The van der Waals surface area contributed by atoms with Crippen molar-refractivity contribution < 1.29 is 22.7 Å². The summed E-state index contributed by atoms with van der Waals surface area (Å²) in [5.74, 6) is -0.541. The molecule has 184 valence electrons. The molecule has 0 bridgehead atoms. The van der Waals surface area contributed by atoms with E-state index in [9.17, 15) is 22.8 Å². The molecule has 0 fully saturated rings. The van der Waals surface area contributed by atoms with Crippen LogP contribution < -0.4 is 20.9 Å². The molecule has 0 aliphatic heterocycles. The van der Waals surface area contributed by atoms with E-state index >= 15 is 0 Å². The van der Waals surface area contributed by atoms with Crippen molar-refractivity contribution in [1.82, 2.24) is 20.1 Å². The first-order valence-electron chi connectivity index (χ1n) is 10.7. The Morgan fingerprint density at radius 1 is 1.06 bits per heavy atom. The molecule has 0 radical (unpaired) electrons. The zero-order chi connectivity index (χ0) is 25.7. The van der Waals surface area contributed by atoms with E-state index in [2.05, 4.69) is 20.7 Å². The predicted octanol–water partition coefficient (Wildman–Crippen LogP) is 4.66. The van der Waals surface area contributed by atoms with Gasteiger partial charge in [0.2, 0.25) is 0 Å². The van der Waals surface area contributed by atoms with E-state index < -0.39 is 17.3 Å². The van der Waals surface area contributed by atoms with Crippen LogP contribution in [0.4, 0.5) is 24.5 Å². The molecule has 4 rings (SSSR count). The molecule has 2 aromatic carbocycles. The summed E-state index contributed by atoms with van der Waals surface area (Å²) in [5.41, 5.74) is 0.0215. The van der Waals surface area contributed by atoms with Gasteiger partial charge in [-0.3, -0.25) is 14.6 Å². The van der Waals surface area contributed by atoms with Crippen LogP contribution >= 0.6 is 0 Å². The molecule has 0 spiro atoms. The minimum absolute atomic E-state index is 0.0576. The topological polar surface area (TPSA) is 98.1 Å². The van der Waals surface area contributed by atoms with Gasteiger partial charge < -0.3 is 15.4 Å². The van der Waals surface area contributed by atoms with Crippen LogP contribution in [0.1, 0.15) is 21.5 Å². The summed E-state index contributed by atoms with van der Waals surface area (Å²) in [4.78, 5) is 29.4. The van der Waals surface area contributed by atoms with Gasteiger partial charge in [0, 0.05) is 37.2 Å². The van der Waals surface area contributed by atoms with Gasteiger partial charge >= 0.3 is 6.18 Å². The SMILES string of the molecule is Cn1ncc(Oc2cccc(C(F)(F)F)c2)c(Nc2cccc(C(=O)NCc3cccnc3)c2)c1=O. The maximum atomic E-state index is 13.1.